The molecule has 0 aliphatic heterocycles. The van der Waals surface area contributed by atoms with Gasteiger partial charge in [0.1, 0.15) is 5.75 Å². The minimum absolute atomic E-state index is 0.0362. The number of rotatable bonds is 6. The summed E-state index contributed by atoms with van der Waals surface area (Å²) >= 11 is 6.06. The Hall–Kier alpha value is -1.72. The van der Waals surface area contributed by atoms with Crippen LogP contribution in [0.1, 0.15) is 13.8 Å². The van der Waals surface area contributed by atoms with Gasteiger partial charge in [-0.1, -0.05) is 49.7 Å². The Morgan fingerprint density at radius 1 is 1.05 bits per heavy atom. The van der Waals surface area contributed by atoms with Crippen molar-refractivity contribution in [1.29, 1.82) is 0 Å². The number of hydrogen-bond donors (Lipinski definition) is 1. The fourth-order valence-corrected chi connectivity index (χ4v) is 3.57. The van der Waals surface area contributed by atoms with Gasteiger partial charge >= 0.3 is 0 Å². The summed E-state index contributed by atoms with van der Waals surface area (Å²) in [4.78, 5) is 0. The molecule has 118 valence electrons. The normalized spacial score (nSPS) is 11.5. The zero-order valence-electron chi connectivity index (χ0n) is 12.4. The molecule has 22 heavy (non-hydrogen) atoms. The maximum atomic E-state index is 12.1. The van der Waals surface area contributed by atoms with E-state index in [2.05, 4.69) is 4.72 Å². The molecule has 2 rings (SSSR count). The largest absolute Gasteiger partial charge is 0.454 e. The molecule has 4 nitrogen and oxygen atoms in total. The number of anilines is 1. The molecular formula is C16H18ClNO3S. The van der Waals surface area contributed by atoms with Gasteiger partial charge in [-0.05, 0) is 30.2 Å². The van der Waals surface area contributed by atoms with E-state index in [1.807, 2.05) is 13.8 Å². The second-order valence-electron chi connectivity index (χ2n) is 5.31. The third-order valence-corrected chi connectivity index (χ3v) is 4.71. The molecule has 0 saturated carbocycles. The molecule has 0 saturated heterocycles. The zero-order valence-corrected chi connectivity index (χ0v) is 14.0. The van der Waals surface area contributed by atoms with Gasteiger partial charge in [-0.15, -0.1) is 0 Å². The van der Waals surface area contributed by atoms with E-state index in [9.17, 15) is 8.42 Å². The molecule has 0 atom stereocenters. The molecule has 0 amide bonds. The Morgan fingerprint density at radius 2 is 1.64 bits per heavy atom. The molecule has 0 radical (unpaired) electrons. The van der Waals surface area contributed by atoms with Crippen LogP contribution in [-0.4, -0.2) is 14.2 Å². The summed E-state index contributed by atoms with van der Waals surface area (Å²) in [6.45, 7) is 3.71. The Labute approximate surface area is 136 Å². The van der Waals surface area contributed by atoms with E-state index >= 15 is 0 Å². The summed E-state index contributed by atoms with van der Waals surface area (Å²) in [7, 11) is -3.42. The number of para-hydroxylation sites is 3. The lowest BCUT2D eigenvalue weighted by Crippen LogP contribution is -2.20. The van der Waals surface area contributed by atoms with Crippen LogP contribution in [0.5, 0.6) is 11.5 Å². The van der Waals surface area contributed by atoms with Crippen molar-refractivity contribution >= 4 is 27.3 Å². The van der Waals surface area contributed by atoms with Crippen LogP contribution < -0.4 is 9.46 Å². The Bertz CT molecular complexity index is 745. The van der Waals surface area contributed by atoms with E-state index in [4.69, 9.17) is 16.3 Å². The molecule has 0 aliphatic rings. The van der Waals surface area contributed by atoms with Gasteiger partial charge in [0.25, 0.3) is 0 Å². The van der Waals surface area contributed by atoms with Crippen molar-refractivity contribution in [2.75, 3.05) is 10.5 Å². The van der Waals surface area contributed by atoms with Crippen LogP contribution in [0.4, 0.5) is 5.69 Å². The van der Waals surface area contributed by atoms with Gasteiger partial charge in [-0.3, -0.25) is 4.72 Å². The van der Waals surface area contributed by atoms with Crippen molar-refractivity contribution in [2.45, 2.75) is 13.8 Å². The summed E-state index contributed by atoms with van der Waals surface area (Å²) in [6.07, 6.45) is 0. The number of halogens is 1. The summed E-state index contributed by atoms with van der Waals surface area (Å²) in [5.74, 6) is 0.963. The molecule has 0 aliphatic carbocycles. The molecule has 2 aromatic carbocycles. The van der Waals surface area contributed by atoms with Crippen LogP contribution in [0.25, 0.3) is 0 Å². The summed E-state index contributed by atoms with van der Waals surface area (Å²) < 4.78 is 32.5. The molecule has 0 bridgehead atoms. The smallest absolute Gasteiger partial charge is 0.233 e. The first-order chi connectivity index (χ1) is 10.4. The van der Waals surface area contributed by atoms with Crippen LogP contribution in [0.15, 0.2) is 48.5 Å². The van der Waals surface area contributed by atoms with Gasteiger partial charge in [0.05, 0.1) is 16.5 Å². The summed E-state index contributed by atoms with van der Waals surface area (Å²) in [5.41, 5.74) is 0.392. The maximum absolute atomic E-state index is 12.1. The Morgan fingerprint density at radius 3 is 2.27 bits per heavy atom. The third-order valence-electron chi connectivity index (χ3n) is 2.76. The highest BCUT2D eigenvalue weighted by atomic mass is 35.5. The van der Waals surface area contributed by atoms with Crippen LogP contribution >= 0.6 is 11.6 Å². The van der Waals surface area contributed by atoms with E-state index in [0.29, 0.717) is 22.2 Å². The highest BCUT2D eigenvalue weighted by Gasteiger charge is 2.16. The fraction of sp³-hybridized carbons (Fsp3) is 0.250. The molecule has 0 unspecified atom stereocenters. The maximum Gasteiger partial charge on any atom is 0.233 e. The topological polar surface area (TPSA) is 55.4 Å². The van der Waals surface area contributed by atoms with Crippen LogP contribution in [0, 0.1) is 5.92 Å². The van der Waals surface area contributed by atoms with Gasteiger partial charge in [0.2, 0.25) is 10.0 Å². The molecule has 0 aromatic heterocycles. The minimum Gasteiger partial charge on any atom is -0.454 e. The Balaban J connectivity index is 2.26. The lowest BCUT2D eigenvalue weighted by molar-refractivity contribution is 0.485. The second-order valence-corrected chi connectivity index (χ2v) is 7.48. The SMILES string of the molecule is CC(C)CS(=O)(=O)Nc1ccccc1Oc1ccccc1Cl. The van der Waals surface area contributed by atoms with Gasteiger partial charge in [0, 0.05) is 0 Å². The van der Waals surface area contributed by atoms with Crippen molar-refractivity contribution in [3.05, 3.63) is 53.6 Å². The van der Waals surface area contributed by atoms with Gasteiger partial charge < -0.3 is 4.74 Å². The number of benzene rings is 2. The molecule has 2 aromatic rings. The quantitative estimate of drug-likeness (QED) is 0.841. The lowest BCUT2D eigenvalue weighted by atomic mass is 10.3. The molecule has 0 heterocycles. The first-order valence-electron chi connectivity index (χ1n) is 6.89. The number of nitrogens with one attached hydrogen (secondary N) is 1. The monoisotopic (exact) mass is 339 g/mol. The van der Waals surface area contributed by atoms with E-state index in [1.54, 1.807) is 48.5 Å². The highest BCUT2D eigenvalue weighted by Crippen LogP contribution is 2.33. The van der Waals surface area contributed by atoms with Crippen LogP contribution in [0.3, 0.4) is 0 Å². The van der Waals surface area contributed by atoms with E-state index < -0.39 is 10.0 Å². The standard InChI is InChI=1S/C16H18ClNO3S/c1-12(2)11-22(19,20)18-14-8-4-6-10-16(14)21-15-9-5-3-7-13(15)17/h3-10,12,18H,11H2,1-2H3. The van der Waals surface area contributed by atoms with Crippen LogP contribution in [0.2, 0.25) is 5.02 Å². The number of ether oxygens (including phenoxy) is 1. The Kier molecular flexibility index (Phi) is 5.32. The zero-order chi connectivity index (χ0) is 16.2. The summed E-state index contributed by atoms with van der Waals surface area (Å²) in [6, 6.07) is 13.9. The van der Waals surface area contributed by atoms with Crippen molar-refractivity contribution in [2.24, 2.45) is 5.92 Å². The van der Waals surface area contributed by atoms with Gasteiger partial charge in [-0.2, -0.15) is 0 Å². The molecule has 0 spiro atoms. The predicted octanol–water partition coefficient (Wildman–Crippen LogP) is 4.53. The van der Waals surface area contributed by atoms with Crippen molar-refractivity contribution in [3.63, 3.8) is 0 Å². The third kappa shape index (κ3) is 4.64. The average molecular weight is 340 g/mol. The second kappa shape index (κ2) is 7.03. The highest BCUT2D eigenvalue weighted by molar-refractivity contribution is 7.92. The van der Waals surface area contributed by atoms with Crippen molar-refractivity contribution < 1.29 is 13.2 Å². The van der Waals surface area contributed by atoms with E-state index in [-0.39, 0.29) is 11.7 Å². The molecule has 6 heteroatoms. The fourth-order valence-electron chi connectivity index (χ4n) is 1.93. The number of hydrogen-bond acceptors (Lipinski definition) is 3. The van der Waals surface area contributed by atoms with Gasteiger partial charge in [0.15, 0.2) is 5.75 Å². The number of sulfonamides is 1. The van der Waals surface area contributed by atoms with E-state index in [0.717, 1.165) is 0 Å². The van der Waals surface area contributed by atoms with Crippen molar-refractivity contribution in [1.82, 2.24) is 0 Å². The molecule has 0 fully saturated rings. The lowest BCUT2D eigenvalue weighted by Gasteiger charge is -2.14. The van der Waals surface area contributed by atoms with Crippen LogP contribution in [-0.2, 0) is 10.0 Å². The molecule has 1 N–H and O–H groups in total. The summed E-state index contributed by atoms with van der Waals surface area (Å²) in [5, 5.41) is 0.461. The van der Waals surface area contributed by atoms with Gasteiger partial charge in [-0.25, -0.2) is 8.42 Å². The predicted molar refractivity (Wildman–Crippen MR) is 90.2 cm³/mol. The molecular weight excluding hydrogens is 322 g/mol. The first-order valence-corrected chi connectivity index (χ1v) is 8.92. The minimum atomic E-state index is -3.42. The van der Waals surface area contributed by atoms with E-state index in [1.165, 1.54) is 0 Å². The first kappa shape index (κ1) is 16.6. The average Bonchev–Trinajstić information content (AvgIpc) is 2.41. The van der Waals surface area contributed by atoms with Crippen molar-refractivity contribution in [3.8, 4) is 11.5 Å².